The Morgan fingerprint density at radius 1 is 1.20 bits per heavy atom. The number of methoxy groups -OCH3 is 1. The van der Waals surface area contributed by atoms with Crippen LogP contribution in [0.2, 0.25) is 0 Å². The van der Waals surface area contributed by atoms with Gasteiger partial charge >= 0.3 is 5.97 Å². The molecule has 1 aliphatic carbocycles. The average Bonchev–Trinajstić information content (AvgIpc) is 3.33. The largest absolute Gasteiger partial charge is 0.497 e. The van der Waals surface area contributed by atoms with Crippen LogP contribution in [0.15, 0.2) is 41.1 Å². The van der Waals surface area contributed by atoms with Crippen molar-refractivity contribution in [3.8, 4) is 5.75 Å². The molecule has 2 aromatic rings. The number of carbonyl (C=O) groups is 2. The Hall–Kier alpha value is -2.83. The van der Waals surface area contributed by atoms with Crippen LogP contribution in [-0.4, -0.2) is 30.2 Å². The van der Waals surface area contributed by atoms with Crippen molar-refractivity contribution >= 4 is 11.9 Å². The summed E-state index contributed by atoms with van der Waals surface area (Å²) in [6, 6.07) is 8.34. The molecule has 1 atom stereocenters. The number of benzene rings is 1. The number of ether oxygens (including phenoxy) is 2. The third-order valence-corrected chi connectivity index (χ3v) is 4.22. The van der Waals surface area contributed by atoms with Crippen molar-refractivity contribution in [1.29, 1.82) is 0 Å². The lowest BCUT2D eigenvalue weighted by atomic mass is 10.1. The second-order valence-corrected chi connectivity index (χ2v) is 5.93. The van der Waals surface area contributed by atoms with Gasteiger partial charge in [-0.3, -0.25) is 4.79 Å². The van der Waals surface area contributed by atoms with Crippen LogP contribution in [0.25, 0.3) is 0 Å². The summed E-state index contributed by atoms with van der Waals surface area (Å²) < 4.78 is 15.3. The summed E-state index contributed by atoms with van der Waals surface area (Å²) in [4.78, 5) is 24.9. The van der Waals surface area contributed by atoms with E-state index >= 15 is 0 Å². The van der Waals surface area contributed by atoms with Crippen molar-refractivity contribution in [2.24, 2.45) is 0 Å². The maximum atomic E-state index is 12.7. The van der Waals surface area contributed by atoms with Gasteiger partial charge in [0.2, 0.25) is 11.9 Å². The Morgan fingerprint density at radius 3 is 2.52 bits per heavy atom. The van der Waals surface area contributed by atoms with Gasteiger partial charge in [-0.25, -0.2) is 4.79 Å². The summed E-state index contributed by atoms with van der Waals surface area (Å²) in [5.41, 5.74) is 0.559. The van der Waals surface area contributed by atoms with Gasteiger partial charge in [-0.15, -0.1) is 0 Å². The molecule has 25 heavy (non-hydrogen) atoms. The molecular weight excluding hydrogens is 324 g/mol. The molecule has 1 amide bonds. The summed E-state index contributed by atoms with van der Waals surface area (Å²) in [5, 5.41) is 6.44. The molecule has 7 nitrogen and oxygen atoms in total. The van der Waals surface area contributed by atoms with Crippen molar-refractivity contribution in [1.82, 2.24) is 10.5 Å². The summed E-state index contributed by atoms with van der Waals surface area (Å²) in [6.07, 6.45) is 4.35. The fourth-order valence-electron chi connectivity index (χ4n) is 2.88. The third kappa shape index (κ3) is 4.17. The van der Waals surface area contributed by atoms with E-state index in [2.05, 4.69) is 10.5 Å². The first-order chi connectivity index (χ1) is 12.2. The second-order valence-electron chi connectivity index (χ2n) is 5.93. The molecule has 0 spiro atoms. The van der Waals surface area contributed by atoms with Gasteiger partial charge in [0.15, 0.2) is 0 Å². The molecule has 1 N–H and O–H groups in total. The number of esters is 1. The van der Waals surface area contributed by atoms with Gasteiger partial charge in [0.05, 0.1) is 13.3 Å². The molecular formula is C18H20N2O5. The zero-order valence-corrected chi connectivity index (χ0v) is 13.9. The van der Waals surface area contributed by atoms with E-state index in [9.17, 15) is 9.59 Å². The Balaban J connectivity index is 1.78. The summed E-state index contributed by atoms with van der Waals surface area (Å²) in [7, 11) is 1.56. The van der Waals surface area contributed by atoms with Crippen LogP contribution in [0, 0.1) is 0 Å². The normalized spacial score (nSPS) is 15.6. The van der Waals surface area contributed by atoms with Crippen LogP contribution in [0.3, 0.4) is 0 Å². The van der Waals surface area contributed by atoms with Crippen LogP contribution >= 0.6 is 0 Å². The lowest BCUT2D eigenvalue weighted by Gasteiger charge is -2.20. The molecule has 7 heteroatoms. The molecule has 1 saturated carbocycles. The maximum absolute atomic E-state index is 12.7. The van der Waals surface area contributed by atoms with E-state index in [1.165, 1.54) is 12.3 Å². The number of aromatic nitrogens is 1. The van der Waals surface area contributed by atoms with Crippen LogP contribution < -0.4 is 10.1 Å². The van der Waals surface area contributed by atoms with Crippen molar-refractivity contribution < 1.29 is 23.6 Å². The number of nitrogens with one attached hydrogen (secondary N) is 1. The van der Waals surface area contributed by atoms with Gasteiger partial charge in [-0.05, 0) is 25.0 Å². The number of hydrogen-bond donors (Lipinski definition) is 1. The van der Waals surface area contributed by atoms with Gasteiger partial charge in [-0.1, -0.05) is 30.1 Å². The summed E-state index contributed by atoms with van der Waals surface area (Å²) in [6.45, 7) is 0. The van der Waals surface area contributed by atoms with Crippen molar-refractivity contribution in [2.45, 2.75) is 37.8 Å². The van der Waals surface area contributed by atoms with Gasteiger partial charge in [0, 0.05) is 17.7 Å². The molecule has 0 aliphatic heterocycles. The van der Waals surface area contributed by atoms with E-state index in [-0.39, 0.29) is 17.7 Å². The van der Waals surface area contributed by atoms with Gasteiger partial charge < -0.3 is 19.3 Å². The monoisotopic (exact) mass is 344 g/mol. The molecule has 1 heterocycles. The number of nitrogens with zero attached hydrogens (tertiary/aromatic N) is 1. The van der Waals surface area contributed by atoms with E-state index in [1.807, 2.05) is 0 Å². The molecule has 1 aromatic heterocycles. The first kappa shape index (κ1) is 17.0. The molecule has 0 radical (unpaired) electrons. The zero-order valence-electron chi connectivity index (χ0n) is 13.9. The molecule has 3 rings (SSSR count). The Labute approximate surface area is 145 Å². The van der Waals surface area contributed by atoms with Gasteiger partial charge in [0.1, 0.15) is 5.75 Å². The SMILES string of the molecule is COc1ccc([C@H](OC(=O)c2ccno2)C(=O)NC2CCCC2)cc1. The number of hydrogen-bond acceptors (Lipinski definition) is 6. The van der Waals surface area contributed by atoms with E-state index < -0.39 is 12.1 Å². The topological polar surface area (TPSA) is 90.7 Å². The first-order valence-electron chi connectivity index (χ1n) is 8.23. The fourth-order valence-corrected chi connectivity index (χ4v) is 2.88. The number of carbonyl (C=O) groups excluding carboxylic acids is 2. The van der Waals surface area contributed by atoms with Gasteiger partial charge in [0.25, 0.3) is 5.91 Å². The first-order valence-corrected chi connectivity index (χ1v) is 8.23. The maximum Gasteiger partial charge on any atom is 0.378 e. The standard InChI is InChI=1S/C18H20N2O5/c1-23-14-8-6-12(7-9-14)16(17(21)20-13-4-2-3-5-13)24-18(22)15-10-11-19-25-15/h6-11,13,16H,2-5H2,1H3,(H,20,21)/t16-/m0/s1. The van der Waals surface area contributed by atoms with Crippen molar-refractivity contribution in [3.05, 3.63) is 47.9 Å². The molecule has 132 valence electrons. The Kier molecular flexibility index (Phi) is 5.33. The minimum Gasteiger partial charge on any atom is -0.497 e. The van der Waals surface area contributed by atoms with Crippen LogP contribution in [-0.2, 0) is 9.53 Å². The highest BCUT2D eigenvalue weighted by molar-refractivity contribution is 5.90. The predicted octanol–water partition coefficient (Wildman–Crippen LogP) is 2.64. The zero-order chi connectivity index (χ0) is 17.6. The van der Waals surface area contributed by atoms with Crippen LogP contribution in [0.4, 0.5) is 0 Å². The second kappa shape index (κ2) is 7.83. The third-order valence-electron chi connectivity index (χ3n) is 4.22. The molecule has 1 aliphatic rings. The highest BCUT2D eigenvalue weighted by atomic mass is 16.6. The van der Waals surface area contributed by atoms with E-state index in [1.54, 1.807) is 31.4 Å². The fraction of sp³-hybridized carbons (Fsp3) is 0.389. The quantitative estimate of drug-likeness (QED) is 0.810. The molecule has 0 bridgehead atoms. The van der Waals surface area contributed by atoms with E-state index in [4.69, 9.17) is 14.0 Å². The van der Waals surface area contributed by atoms with Crippen LogP contribution in [0.5, 0.6) is 5.75 Å². The van der Waals surface area contributed by atoms with Crippen molar-refractivity contribution in [2.75, 3.05) is 7.11 Å². The van der Waals surface area contributed by atoms with E-state index in [0.717, 1.165) is 25.7 Å². The minimum absolute atomic E-state index is 0.0489. The Morgan fingerprint density at radius 2 is 1.92 bits per heavy atom. The Bertz CT molecular complexity index is 706. The predicted molar refractivity (Wildman–Crippen MR) is 88.1 cm³/mol. The molecule has 1 fully saturated rings. The molecule has 0 unspecified atom stereocenters. The van der Waals surface area contributed by atoms with Crippen molar-refractivity contribution in [3.63, 3.8) is 0 Å². The molecule has 0 saturated heterocycles. The van der Waals surface area contributed by atoms with Gasteiger partial charge in [-0.2, -0.15) is 0 Å². The number of amides is 1. The summed E-state index contributed by atoms with van der Waals surface area (Å²) in [5.74, 6) is -0.475. The number of rotatable bonds is 6. The lowest BCUT2D eigenvalue weighted by molar-refractivity contribution is -0.131. The smallest absolute Gasteiger partial charge is 0.378 e. The minimum atomic E-state index is -1.07. The molecule has 1 aromatic carbocycles. The highest BCUT2D eigenvalue weighted by Gasteiger charge is 2.29. The van der Waals surface area contributed by atoms with E-state index in [0.29, 0.717) is 11.3 Å². The summed E-state index contributed by atoms with van der Waals surface area (Å²) >= 11 is 0. The lowest BCUT2D eigenvalue weighted by Crippen LogP contribution is -2.38. The highest BCUT2D eigenvalue weighted by Crippen LogP contribution is 2.24. The van der Waals surface area contributed by atoms with Crippen LogP contribution in [0.1, 0.15) is 47.9 Å². The average molecular weight is 344 g/mol.